The van der Waals surface area contributed by atoms with Crippen molar-refractivity contribution < 1.29 is 13.9 Å². The van der Waals surface area contributed by atoms with Crippen molar-refractivity contribution in [3.63, 3.8) is 0 Å². The Morgan fingerprint density at radius 1 is 1.35 bits per heavy atom. The highest BCUT2D eigenvalue weighted by Gasteiger charge is 2.25. The normalized spacial score (nSPS) is 21.9. The first-order chi connectivity index (χ1) is 9.61. The summed E-state index contributed by atoms with van der Waals surface area (Å²) in [6.07, 6.45) is 3.95. The van der Waals surface area contributed by atoms with E-state index in [2.05, 4.69) is 4.90 Å². The summed E-state index contributed by atoms with van der Waals surface area (Å²) in [7, 11) is 0. The van der Waals surface area contributed by atoms with E-state index in [0.717, 1.165) is 44.0 Å². The third kappa shape index (κ3) is 3.90. The van der Waals surface area contributed by atoms with Gasteiger partial charge < -0.3 is 5.11 Å². The fourth-order valence-corrected chi connectivity index (χ4v) is 3.18. The predicted octanol–water partition coefficient (Wildman–Crippen LogP) is 3.48. The second-order valence-corrected chi connectivity index (χ2v) is 5.82. The third-order valence-corrected chi connectivity index (χ3v) is 4.27. The molecule has 0 bridgehead atoms. The van der Waals surface area contributed by atoms with Gasteiger partial charge in [0.25, 0.3) is 0 Å². The first-order valence-electron chi connectivity index (χ1n) is 7.05. The molecule has 5 heteroatoms. The Balaban J connectivity index is 2.05. The van der Waals surface area contributed by atoms with Gasteiger partial charge in [0.2, 0.25) is 0 Å². The van der Waals surface area contributed by atoms with Crippen LogP contribution in [0.2, 0.25) is 0 Å². The molecule has 2 nitrogen and oxygen atoms in total. The van der Waals surface area contributed by atoms with Crippen molar-refractivity contribution in [1.29, 1.82) is 0 Å². The van der Waals surface area contributed by atoms with E-state index in [9.17, 15) is 8.78 Å². The lowest BCUT2D eigenvalue weighted by atomic mass is 9.98. The van der Waals surface area contributed by atoms with E-state index < -0.39 is 17.0 Å². The van der Waals surface area contributed by atoms with Crippen LogP contribution in [0.15, 0.2) is 18.2 Å². The number of hydrogen-bond acceptors (Lipinski definition) is 2. The molecule has 1 saturated heterocycles. The summed E-state index contributed by atoms with van der Waals surface area (Å²) in [6, 6.07) is 3.66. The second-order valence-electron chi connectivity index (χ2n) is 5.29. The number of alkyl halides is 1. The fraction of sp³-hybridized carbons (Fsp3) is 0.600. The third-order valence-electron chi connectivity index (χ3n) is 3.90. The molecule has 0 aliphatic carbocycles. The van der Waals surface area contributed by atoms with Gasteiger partial charge in [0.05, 0.1) is 5.38 Å². The number of rotatable bonds is 5. The van der Waals surface area contributed by atoms with Gasteiger partial charge in [-0.05, 0) is 44.0 Å². The predicted molar refractivity (Wildman–Crippen MR) is 75.9 cm³/mol. The van der Waals surface area contributed by atoms with Gasteiger partial charge in [-0.1, -0.05) is 6.42 Å². The molecule has 20 heavy (non-hydrogen) atoms. The largest absolute Gasteiger partial charge is 0.396 e. The number of nitrogens with zero attached hydrogens (tertiary/aromatic N) is 1. The van der Waals surface area contributed by atoms with Gasteiger partial charge in [-0.2, -0.15) is 0 Å². The number of piperidine rings is 1. The summed E-state index contributed by atoms with van der Waals surface area (Å²) in [5.74, 6) is -0.945. The molecule has 0 saturated carbocycles. The van der Waals surface area contributed by atoms with Crippen molar-refractivity contribution in [2.45, 2.75) is 37.1 Å². The van der Waals surface area contributed by atoms with Crippen LogP contribution < -0.4 is 0 Å². The van der Waals surface area contributed by atoms with Crippen LogP contribution >= 0.6 is 11.6 Å². The van der Waals surface area contributed by atoms with Gasteiger partial charge in [-0.15, -0.1) is 11.6 Å². The Bertz CT molecular complexity index is 442. The zero-order chi connectivity index (χ0) is 14.5. The lowest BCUT2D eigenvalue weighted by Gasteiger charge is -2.36. The SMILES string of the molecule is OCCC1CCCCN1CC(Cl)c1cc(F)ccc1F. The van der Waals surface area contributed by atoms with Crippen LogP contribution in [0.3, 0.4) is 0 Å². The molecule has 2 unspecified atom stereocenters. The van der Waals surface area contributed by atoms with Crippen molar-refractivity contribution in [1.82, 2.24) is 4.90 Å². The minimum Gasteiger partial charge on any atom is -0.396 e. The first kappa shape index (κ1) is 15.7. The molecule has 1 heterocycles. The van der Waals surface area contributed by atoms with Crippen LogP contribution in [-0.4, -0.2) is 35.7 Å². The molecule has 1 aromatic carbocycles. The standard InChI is InChI=1S/C15H20ClF2NO/c16-14(13-9-11(17)4-5-15(13)18)10-19-7-2-1-3-12(19)6-8-20/h4-5,9,12,14,20H,1-3,6-8,10H2. The average Bonchev–Trinajstić information content (AvgIpc) is 2.44. The van der Waals surface area contributed by atoms with Crippen LogP contribution in [0.5, 0.6) is 0 Å². The van der Waals surface area contributed by atoms with Crippen molar-refractivity contribution in [2.24, 2.45) is 0 Å². The molecule has 0 radical (unpaired) electrons. The Kier molecular flexibility index (Phi) is 5.75. The van der Waals surface area contributed by atoms with E-state index in [1.54, 1.807) is 0 Å². The lowest BCUT2D eigenvalue weighted by molar-refractivity contribution is 0.119. The van der Waals surface area contributed by atoms with Crippen LogP contribution in [-0.2, 0) is 0 Å². The van der Waals surface area contributed by atoms with Crippen LogP contribution in [0.1, 0.15) is 36.6 Å². The summed E-state index contributed by atoms with van der Waals surface area (Å²) >= 11 is 6.27. The highest BCUT2D eigenvalue weighted by molar-refractivity contribution is 6.21. The topological polar surface area (TPSA) is 23.5 Å². The highest BCUT2D eigenvalue weighted by atomic mass is 35.5. The van der Waals surface area contributed by atoms with Crippen molar-refractivity contribution in [2.75, 3.05) is 19.7 Å². The Labute approximate surface area is 123 Å². The van der Waals surface area contributed by atoms with Crippen LogP contribution in [0.4, 0.5) is 8.78 Å². The highest BCUT2D eigenvalue weighted by Crippen LogP contribution is 2.28. The second kappa shape index (κ2) is 7.34. The van der Waals surface area contributed by atoms with E-state index in [-0.39, 0.29) is 18.2 Å². The number of benzene rings is 1. The molecule has 2 rings (SSSR count). The van der Waals surface area contributed by atoms with Gasteiger partial charge in [-0.25, -0.2) is 8.78 Å². The Hall–Kier alpha value is -0.710. The van der Waals surface area contributed by atoms with E-state index in [1.165, 1.54) is 0 Å². The van der Waals surface area contributed by atoms with Crippen molar-refractivity contribution in [3.05, 3.63) is 35.4 Å². The maximum atomic E-state index is 13.7. The Morgan fingerprint density at radius 2 is 2.15 bits per heavy atom. The van der Waals surface area contributed by atoms with Gasteiger partial charge in [-0.3, -0.25) is 4.90 Å². The molecule has 1 N–H and O–H groups in total. The lowest BCUT2D eigenvalue weighted by Crippen LogP contribution is -2.41. The van der Waals surface area contributed by atoms with Crippen LogP contribution in [0, 0.1) is 11.6 Å². The van der Waals surface area contributed by atoms with Crippen molar-refractivity contribution in [3.8, 4) is 0 Å². The van der Waals surface area contributed by atoms with E-state index in [1.807, 2.05) is 0 Å². The van der Waals surface area contributed by atoms with Gasteiger partial charge in [0.15, 0.2) is 0 Å². The van der Waals surface area contributed by atoms with Gasteiger partial charge in [0.1, 0.15) is 11.6 Å². The summed E-state index contributed by atoms with van der Waals surface area (Å²) in [6.45, 7) is 1.51. The average molecular weight is 304 g/mol. The fourth-order valence-electron chi connectivity index (χ4n) is 2.84. The van der Waals surface area contributed by atoms with Gasteiger partial charge >= 0.3 is 0 Å². The molecule has 1 fully saturated rings. The molecule has 1 aromatic rings. The molecule has 1 aliphatic heterocycles. The zero-order valence-corrected chi connectivity index (χ0v) is 12.1. The van der Waals surface area contributed by atoms with Crippen LogP contribution in [0.25, 0.3) is 0 Å². The van der Waals surface area contributed by atoms with E-state index in [4.69, 9.17) is 16.7 Å². The van der Waals surface area contributed by atoms with E-state index >= 15 is 0 Å². The number of likely N-dealkylation sites (tertiary alicyclic amines) is 1. The molecule has 0 spiro atoms. The quantitative estimate of drug-likeness (QED) is 0.842. The zero-order valence-electron chi connectivity index (χ0n) is 11.4. The molecule has 2 atom stereocenters. The minimum absolute atomic E-state index is 0.141. The summed E-state index contributed by atoms with van der Waals surface area (Å²) in [5.41, 5.74) is 0.208. The molecule has 0 aromatic heterocycles. The smallest absolute Gasteiger partial charge is 0.128 e. The van der Waals surface area contributed by atoms with Crippen molar-refractivity contribution >= 4 is 11.6 Å². The molecule has 1 aliphatic rings. The number of aliphatic hydroxyl groups excluding tert-OH is 1. The maximum Gasteiger partial charge on any atom is 0.128 e. The summed E-state index contributed by atoms with van der Waals surface area (Å²) in [4.78, 5) is 2.18. The first-order valence-corrected chi connectivity index (χ1v) is 7.49. The Morgan fingerprint density at radius 3 is 2.90 bits per heavy atom. The molecule has 0 amide bonds. The number of hydrogen-bond donors (Lipinski definition) is 1. The number of aliphatic hydroxyl groups is 1. The summed E-state index contributed by atoms with van der Waals surface area (Å²) in [5, 5.41) is 8.52. The maximum absolute atomic E-state index is 13.7. The molecule has 112 valence electrons. The van der Waals surface area contributed by atoms with Gasteiger partial charge in [0, 0.05) is 24.8 Å². The number of halogens is 3. The molecular weight excluding hydrogens is 284 g/mol. The summed E-state index contributed by atoms with van der Waals surface area (Å²) < 4.78 is 26.9. The monoisotopic (exact) mass is 303 g/mol. The molecular formula is C15H20ClF2NO. The van der Waals surface area contributed by atoms with E-state index in [0.29, 0.717) is 13.0 Å². The minimum atomic E-state index is -0.579.